The van der Waals surface area contributed by atoms with E-state index >= 15 is 0 Å². The van der Waals surface area contributed by atoms with Crippen molar-refractivity contribution in [1.29, 1.82) is 0 Å². The third-order valence-corrected chi connectivity index (χ3v) is 15.1. The van der Waals surface area contributed by atoms with Gasteiger partial charge in [0.1, 0.15) is 11.2 Å². The first-order valence-corrected chi connectivity index (χ1v) is 25.6. The molecule has 2 aliphatic rings. The van der Waals surface area contributed by atoms with Crippen LogP contribution in [-0.4, -0.2) is 85.1 Å². The Morgan fingerprint density at radius 2 is 1.08 bits per heavy atom. The lowest BCUT2D eigenvalue weighted by molar-refractivity contribution is -0.157. The monoisotopic (exact) mass is 930 g/mol. The molecule has 0 aliphatic heterocycles. The highest BCUT2D eigenvalue weighted by Crippen LogP contribution is 2.59. The van der Waals surface area contributed by atoms with Crippen LogP contribution in [0.3, 0.4) is 0 Å². The molecule has 66 heavy (non-hydrogen) atoms. The molecule has 2 aliphatic carbocycles. The SMILES string of the molecule is C=CC1CC(C)(CC(C)(C)OCCCNCC(C)(C)OCCC(C)(C)OC(=O)C(=C)C)CCC1C1CC(C)(CC(C)(C)OCCCCC(C)(C)C(C)(C)OCCC(C)(C)OC(=O)C(=C)C)C1. The van der Waals surface area contributed by atoms with Gasteiger partial charge in [0, 0.05) is 43.7 Å². The molecule has 0 aromatic heterocycles. The molecular formula is C57H103NO8. The molecule has 384 valence electrons. The summed E-state index contributed by atoms with van der Waals surface area (Å²) < 4.78 is 36.9. The molecule has 0 aromatic carbocycles. The number of hydrogen-bond acceptors (Lipinski definition) is 9. The Kier molecular flexibility index (Phi) is 22.0. The molecule has 9 nitrogen and oxygen atoms in total. The lowest BCUT2D eigenvalue weighted by Crippen LogP contribution is -2.47. The van der Waals surface area contributed by atoms with Crippen LogP contribution in [0, 0.1) is 34.0 Å². The summed E-state index contributed by atoms with van der Waals surface area (Å²) in [5.74, 6) is 1.29. The Balaban J connectivity index is 1.72. The van der Waals surface area contributed by atoms with Crippen LogP contribution in [0.2, 0.25) is 0 Å². The minimum absolute atomic E-state index is 0.0280. The van der Waals surface area contributed by atoms with E-state index in [-0.39, 0.29) is 45.2 Å². The number of unbranched alkanes of at least 4 members (excludes halogenated alkanes) is 1. The minimum Gasteiger partial charge on any atom is -0.456 e. The Morgan fingerprint density at radius 3 is 1.58 bits per heavy atom. The van der Waals surface area contributed by atoms with E-state index in [2.05, 4.69) is 114 Å². The molecule has 2 saturated carbocycles. The first-order chi connectivity index (χ1) is 30.0. The van der Waals surface area contributed by atoms with Crippen LogP contribution in [-0.2, 0) is 38.0 Å². The topological polar surface area (TPSA) is 102 Å². The van der Waals surface area contributed by atoms with E-state index < -0.39 is 11.2 Å². The number of ether oxygens (including phenoxy) is 6. The molecule has 9 heteroatoms. The second-order valence-electron chi connectivity index (χ2n) is 25.9. The molecule has 0 heterocycles. The van der Waals surface area contributed by atoms with Gasteiger partial charge >= 0.3 is 11.9 Å². The van der Waals surface area contributed by atoms with Crippen LogP contribution in [0.25, 0.3) is 0 Å². The third kappa shape index (κ3) is 20.9. The summed E-state index contributed by atoms with van der Waals surface area (Å²) in [7, 11) is 0. The number of carbonyl (C=O) groups is 2. The Hall–Kier alpha value is -2.04. The Morgan fingerprint density at radius 1 is 0.606 bits per heavy atom. The fraction of sp³-hybridized carbons (Fsp3) is 0.860. The quantitative estimate of drug-likeness (QED) is 0.0306. The zero-order valence-corrected chi connectivity index (χ0v) is 46.1. The lowest BCUT2D eigenvalue weighted by atomic mass is 9.51. The van der Waals surface area contributed by atoms with Crippen molar-refractivity contribution in [2.24, 2.45) is 34.0 Å². The Labute approximate surface area is 406 Å². The van der Waals surface area contributed by atoms with Gasteiger partial charge in [0.15, 0.2) is 0 Å². The van der Waals surface area contributed by atoms with Crippen LogP contribution >= 0.6 is 0 Å². The number of nitrogens with one attached hydrogen (secondary N) is 1. The van der Waals surface area contributed by atoms with Crippen molar-refractivity contribution in [3.05, 3.63) is 37.0 Å². The molecule has 0 bridgehead atoms. The molecule has 0 amide bonds. The van der Waals surface area contributed by atoms with Crippen LogP contribution in [0.4, 0.5) is 0 Å². The second kappa shape index (κ2) is 24.2. The summed E-state index contributed by atoms with van der Waals surface area (Å²) >= 11 is 0. The summed E-state index contributed by atoms with van der Waals surface area (Å²) in [5, 5.41) is 3.55. The van der Waals surface area contributed by atoms with E-state index in [0.717, 1.165) is 70.7 Å². The predicted octanol–water partition coefficient (Wildman–Crippen LogP) is 13.7. The van der Waals surface area contributed by atoms with Crippen molar-refractivity contribution in [3.8, 4) is 0 Å². The van der Waals surface area contributed by atoms with E-state index in [1.54, 1.807) is 13.8 Å². The molecule has 0 aromatic rings. The first kappa shape index (κ1) is 60.1. The highest BCUT2D eigenvalue weighted by molar-refractivity contribution is 5.87. The number of hydrogen-bond donors (Lipinski definition) is 1. The lowest BCUT2D eigenvalue weighted by Gasteiger charge is -2.55. The standard InChI is InChI=1S/C57H103NO8/c1-22-44-36-56(20,39-52(12,13)62-33-25-31-58-41-54(16,17)63-34-29-50(8,9)65-47(59)42(2)3)28-26-46(44)45-37-57(21,38-45)40-53(14,15)61-32-24-23-27-49(6,7)55(18,19)64-35-30-51(10,11)66-48(60)43(4)5/h22,44-46,58H,1-2,4,23-41H2,3,5-21H3. The van der Waals surface area contributed by atoms with E-state index in [9.17, 15) is 9.59 Å². The van der Waals surface area contributed by atoms with Crippen molar-refractivity contribution in [1.82, 2.24) is 5.32 Å². The summed E-state index contributed by atoms with van der Waals surface area (Å²) in [4.78, 5) is 24.0. The number of carbonyl (C=O) groups excluding carboxylic acids is 2. The van der Waals surface area contributed by atoms with E-state index in [4.69, 9.17) is 28.4 Å². The van der Waals surface area contributed by atoms with Gasteiger partial charge in [-0.3, -0.25) is 0 Å². The van der Waals surface area contributed by atoms with Crippen molar-refractivity contribution in [2.75, 3.05) is 39.5 Å². The minimum atomic E-state index is -0.608. The smallest absolute Gasteiger partial charge is 0.333 e. The highest BCUT2D eigenvalue weighted by atomic mass is 16.6. The maximum Gasteiger partial charge on any atom is 0.333 e. The van der Waals surface area contributed by atoms with Gasteiger partial charge in [0.2, 0.25) is 0 Å². The summed E-state index contributed by atoms with van der Waals surface area (Å²) in [5.41, 5.74) is -0.898. The van der Waals surface area contributed by atoms with E-state index in [1.165, 1.54) is 32.1 Å². The molecule has 0 spiro atoms. The maximum absolute atomic E-state index is 12.0. The van der Waals surface area contributed by atoms with Gasteiger partial charge < -0.3 is 33.7 Å². The molecule has 0 radical (unpaired) electrons. The van der Waals surface area contributed by atoms with Gasteiger partial charge in [-0.15, -0.1) is 6.58 Å². The van der Waals surface area contributed by atoms with Crippen LogP contribution in [0.1, 0.15) is 208 Å². The molecule has 3 unspecified atom stereocenters. The number of allylic oxidation sites excluding steroid dienone is 1. The molecule has 2 rings (SSSR count). The number of esters is 2. The fourth-order valence-corrected chi connectivity index (χ4v) is 10.8. The van der Waals surface area contributed by atoms with E-state index in [0.29, 0.717) is 54.5 Å². The van der Waals surface area contributed by atoms with E-state index in [1.807, 2.05) is 27.7 Å². The highest BCUT2D eigenvalue weighted by Gasteiger charge is 2.50. The molecule has 1 N–H and O–H groups in total. The van der Waals surface area contributed by atoms with Gasteiger partial charge in [-0.25, -0.2) is 9.59 Å². The van der Waals surface area contributed by atoms with Crippen molar-refractivity contribution in [2.45, 2.75) is 242 Å². The summed E-state index contributed by atoms with van der Waals surface area (Å²) in [6.07, 6.45) is 16.0. The second-order valence-corrected chi connectivity index (χ2v) is 25.9. The predicted molar refractivity (Wildman–Crippen MR) is 274 cm³/mol. The zero-order valence-electron chi connectivity index (χ0n) is 46.1. The van der Waals surface area contributed by atoms with Gasteiger partial charge in [0.05, 0.1) is 35.6 Å². The molecule has 0 saturated heterocycles. The maximum atomic E-state index is 12.0. The average Bonchev–Trinajstić information content (AvgIpc) is 3.13. The van der Waals surface area contributed by atoms with Gasteiger partial charge in [-0.2, -0.15) is 0 Å². The van der Waals surface area contributed by atoms with Gasteiger partial charge in [-0.1, -0.05) is 53.3 Å². The van der Waals surface area contributed by atoms with Crippen LogP contribution in [0.5, 0.6) is 0 Å². The summed E-state index contributed by atoms with van der Waals surface area (Å²) in [6.45, 7) is 54.0. The molecular weight excluding hydrogens is 827 g/mol. The van der Waals surface area contributed by atoms with Crippen LogP contribution in [0.15, 0.2) is 37.0 Å². The first-order valence-electron chi connectivity index (χ1n) is 25.6. The number of rotatable bonds is 32. The van der Waals surface area contributed by atoms with Crippen molar-refractivity contribution >= 4 is 11.9 Å². The molecule has 2 fully saturated rings. The average molecular weight is 930 g/mol. The zero-order chi connectivity index (χ0) is 50.6. The third-order valence-electron chi connectivity index (χ3n) is 15.1. The normalized spacial score (nSPS) is 23.5. The fourth-order valence-electron chi connectivity index (χ4n) is 10.8. The molecule has 3 atom stereocenters. The Bertz CT molecular complexity index is 1580. The van der Waals surface area contributed by atoms with Gasteiger partial charge in [0.25, 0.3) is 0 Å². The van der Waals surface area contributed by atoms with Crippen molar-refractivity contribution in [3.63, 3.8) is 0 Å². The van der Waals surface area contributed by atoms with Gasteiger partial charge in [-0.05, 0) is 202 Å². The largest absolute Gasteiger partial charge is 0.456 e. The van der Waals surface area contributed by atoms with Crippen molar-refractivity contribution < 1.29 is 38.0 Å². The summed E-state index contributed by atoms with van der Waals surface area (Å²) in [6, 6.07) is 0. The van der Waals surface area contributed by atoms with Crippen LogP contribution < -0.4 is 5.32 Å².